The number of carboxylic acids is 1. The van der Waals surface area contributed by atoms with Gasteiger partial charge in [-0.1, -0.05) is 18.5 Å². The second-order valence-corrected chi connectivity index (χ2v) is 5.87. The van der Waals surface area contributed by atoms with Gasteiger partial charge in [-0.05, 0) is 30.9 Å². The molecule has 2 N–H and O–H groups in total. The van der Waals surface area contributed by atoms with Crippen molar-refractivity contribution in [3.05, 3.63) is 23.2 Å². The minimum absolute atomic E-state index is 0.238. The summed E-state index contributed by atoms with van der Waals surface area (Å²) < 4.78 is 5.09. The van der Waals surface area contributed by atoms with Crippen molar-refractivity contribution in [1.29, 1.82) is 0 Å². The van der Waals surface area contributed by atoms with E-state index in [4.69, 9.17) is 16.3 Å². The molecular formula is C15H18ClNO4. The molecule has 1 unspecified atom stereocenters. The average Bonchev–Trinajstić information content (AvgIpc) is 2.83. The van der Waals surface area contributed by atoms with Crippen molar-refractivity contribution >= 4 is 29.2 Å². The molecule has 3 atom stereocenters. The Morgan fingerprint density at radius 3 is 2.62 bits per heavy atom. The molecule has 21 heavy (non-hydrogen) atoms. The van der Waals surface area contributed by atoms with Gasteiger partial charge in [0.05, 0.1) is 24.0 Å². The van der Waals surface area contributed by atoms with Gasteiger partial charge in [0.15, 0.2) is 0 Å². The molecule has 5 nitrogen and oxygen atoms in total. The minimum atomic E-state index is -0.909. The van der Waals surface area contributed by atoms with E-state index in [1.807, 2.05) is 6.92 Å². The summed E-state index contributed by atoms with van der Waals surface area (Å²) in [6.45, 7) is 1.97. The molecule has 0 aromatic heterocycles. The highest BCUT2D eigenvalue weighted by molar-refractivity contribution is 6.32. The third-order valence-electron chi connectivity index (χ3n) is 3.87. The number of benzene rings is 1. The molecule has 1 aromatic carbocycles. The third-order valence-corrected chi connectivity index (χ3v) is 4.18. The van der Waals surface area contributed by atoms with Crippen molar-refractivity contribution in [1.82, 2.24) is 0 Å². The van der Waals surface area contributed by atoms with Gasteiger partial charge in [0.2, 0.25) is 5.91 Å². The lowest BCUT2D eigenvalue weighted by molar-refractivity contribution is -0.145. The molecule has 1 amide bonds. The molecule has 0 aliphatic heterocycles. The highest BCUT2D eigenvalue weighted by Gasteiger charge is 2.41. The molecule has 1 fully saturated rings. The lowest BCUT2D eigenvalue weighted by Crippen LogP contribution is -2.29. The number of aliphatic carboxylic acids is 1. The van der Waals surface area contributed by atoms with Crippen LogP contribution >= 0.6 is 11.6 Å². The molecule has 0 radical (unpaired) electrons. The van der Waals surface area contributed by atoms with Gasteiger partial charge in [0, 0.05) is 11.8 Å². The maximum atomic E-state index is 12.3. The number of carboxylic acid groups (broad SMARTS) is 1. The van der Waals surface area contributed by atoms with Crippen LogP contribution in [0.1, 0.15) is 19.8 Å². The highest BCUT2D eigenvalue weighted by atomic mass is 35.5. The van der Waals surface area contributed by atoms with Gasteiger partial charge < -0.3 is 15.2 Å². The van der Waals surface area contributed by atoms with Gasteiger partial charge in [-0.15, -0.1) is 0 Å². The normalized spacial score (nSPS) is 24.6. The predicted molar refractivity (Wildman–Crippen MR) is 79.6 cm³/mol. The summed E-state index contributed by atoms with van der Waals surface area (Å²) in [5, 5.41) is 12.4. The van der Waals surface area contributed by atoms with Gasteiger partial charge >= 0.3 is 5.97 Å². The van der Waals surface area contributed by atoms with Gasteiger partial charge in [-0.2, -0.15) is 0 Å². The second-order valence-electron chi connectivity index (χ2n) is 5.47. The Hall–Kier alpha value is -1.75. The van der Waals surface area contributed by atoms with Crippen molar-refractivity contribution in [3.8, 4) is 5.75 Å². The van der Waals surface area contributed by atoms with Gasteiger partial charge in [0.25, 0.3) is 0 Å². The highest BCUT2D eigenvalue weighted by Crippen LogP contribution is 2.37. The molecule has 0 bridgehead atoms. The number of carbonyl (C=O) groups is 2. The van der Waals surface area contributed by atoms with Gasteiger partial charge in [-0.25, -0.2) is 0 Å². The summed E-state index contributed by atoms with van der Waals surface area (Å²) in [6, 6.07) is 4.91. The average molecular weight is 312 g/mol. The summed E-state index contributed by atoms with van der Waals surface area (Å²) in [7, 11) is 1.49. The quantitative estimate of drug-likeness (QED) is 0.896. The van der Waals surface area contributed by atoms with Crippen molar-refractivity contribution in [3.63, 3.8) is 0 Å². The number of halogens is 1. The Kier molecular flexibility index (Phi) is 4.73. The van der Waals surface area contributed by atoms with Crippen molar-refractivity contribution in [2.24, 2.45) is 17.8 Å². The van der Waals surface area contributed by atoms with E-state index in [0.717, 1.165) is 0 Å². The number of hydrogen-bond acceptors (Lipinski definition) is 3. The first kappa shape index (κ1) is 15.6. The summed E-state index contributed by atoms with van der Waals surface area (Å²) >= 11 is 5.93. The lowest BCUT2D eigenvalue weighted by atomic mass is 9.95. The molecule has 2 rings (SSSR count). The Labute approximate surface area is 128 Å². The molecule has 1 aliphatic rings. The largest absolute Gasteiger partial charge is 0.495 e. The van der Waals surface area contributed by atoms with Crippen molar-refractivity contribution in [2.75, 3.05) is 12.4 Å². The van der Waals surface area contributed by atoms with Crippen LogP contribution in [0.4, 0.5) is 5.69 Å². The first-order valence-corrected chi connectivity index (χ1v) is 7.17. The summed E-state index contributed by atoms with van der Waals surface area (Å²) in [6.07, 6.45) is 1.13. The number of carbonyl (C=O) groups excluding carboxylic acids is 1. The minimum Gasteiger partial charge on any atom is -0.495 e. The molecule has 0 spiro atoms. The Morgan fingerprint density at radius 2 is 2.00 bits per heavy atom. The van der Waals surface area contributed by atoms with Gasteiger partial charge in [-0.3, -0.25) is 9.59 Å². The van der Waals surface area contributed by atoms with Crippen LogP contribution in [0.15, 0.2) is 18.2 Å². The van der Waals surface area contributed by atoms with Gasteiger partial charge in [0.1, 0.15) is 5.75 Å². The van der Waals surface area contributed by atoms with E-state index < -0.39 is 17.8 Å². The number of rotatable bonds is 4. The van der Waals surface area contributed by atoms with Crippen LogP contribution in [0, 0.1) is 17.8 Å². The van der Waals surface area contributed by atoms with Crippen LogP contribution < -0.4 is 10.1 Å². The third kappa shape index (κ3) is 3.47. The standard InChI is InChI=1S/C15H18ClNO4/c1-8-5-10(11(6-8)15(19)20)14(18)17-9-3-4-12(16)13(7-9)21-2/h3-4,7-8,10-11H,5-6H2,1-2H3,(H,17,18)(H,19,20)/t8?,10-,11+/m0/s1. The van der Waals surface area contributed by atoms with Crippen LogP contribution in [-0.4, -0.2) is 24.1 Å². The number of hydrogen-bond donors (Lipinski definition) is 2. The smallest absolute Gasteiger partial charge is 0.307 e. The van der Waals surface area contributed by atoms with E-state index in [2.05, 4.69) is 5.32 Å². The number of nitrogens with one attached hydrogen (secondary N) is 1. The second kappa shape index (κ2) is 6.35. The fraction of sp³-hybridized carbons (Fsp3) is 0.467. The predicted octanol–water partition coefficient (Wildman–Crippen LogP) is 3.03. The monoisotopic (exact) mass is 311 g/mol. The molecule has 114 valence electrons. The Bertz CT molecular complexity index is 561. The first-order valence-electron chi connectivity index (χ1n) is 6.79. The number of ether oxygens (including phenoxy) is 1. The number of anilines is 1. The van der Waals surface area contributed by atoms with Crippen LogP contribution in [-0.2, 0) is 9.59 Å². The Balaban J connectivity index is 2.12. The topological polar surface area (TPSA) is 75.6 Å². The van der Waals surface area contributed by atoms with E-state index in [0.29, 0.717) is 29.3 Å². The fourth-order valence-electron chi connectivity index (χ4n) is 2.83. The molecule has 1 saturated carbocycles. The van der Waals surface area contributed by atoms with Crippen LogP contribution in [0.3, 0.4) is 0 Å². The first-order chi connectivity index (χ1) is 9.92. The number of methoxy groups -OCH3 is 1. The van der Waals surface area contributed by atoms with E-state index in [1.54, 1.807) is 18.2 Å². The zero-order chi connectivity index (χ0) is 15.6. The van der Waals surface area contributed by atoms with E-state index in [9.17, 15) is 14.7 Å². The molecule has 6 heteroatoms. The zero-order valence-electron chi connectivity index (χ0n) is 11.9. The van der Waals surface area contributed by atoms with Crippen LogP contribution in [0.25, 0.3) is 0 Å². The fourth-order valence-corrected chi connectivity index (χ4v) is 3.02. The van der Waals surface area contributed by atoms with Crippen LogP contribution in [0.2, 0.25) is 5.02 Å². The molecule has 1 aromatic rings. The van der Waals surface area contributed by atoms with E-state index >= 15 is 0 Å². The SMILES string of the molecule is COc1cc(NC(=O)[C@H]2CC(C)C[C@H]2C(=O)O)ccc1Cl. The van der Waals surface area contributed by atoms with Crippen LogP contribution in [0.5, 0.6) is 5.75 Å². The zero-order valence-corrected chi connectivity index (χ0v) is 12.7. The summed E-state index contributed by atoms with van der Waals surface area (Å²) in [5.74, 6) is -1.59. The molecule has 0 saturated heterocycles. The maximum Gasteiger partial charge on any atom is 0.307 e. The summed E-state index contributed by atoms with van der Waals surface area (Å²) in [5.41, 5.74) is 0.546. The van der Waals surface area contributed by atoms with E-state index in [-0.39, 0.29) is 11.8 Å². The van der Waals surface area contributed by atoms with Crippen molar-refractivity contribution < 1.29 is 19.4 Å². The lowest BCUT2D eigenvalue weighted by Gasteiger charge is -2.16. The maximum absolute atomic E-state index is 12.3. The molecule has 1 aliphatic carbocycles. The number of amides is 1. The van der Waals surface area contributed by atoms with E-state index in [1.165, 1.54) is 7.11 Å². The van der Waals surface area contributed by atoms with Crippen molar-refractivity contribution in [2.45, 2.75) is 19.8 Å². The summed E-state index contributed by atoms with van der Waals surface area (Å²) in [4.78, 5) is 23.6. The molecule has 0 heterocycles. The molecular weight excluding hydrogens is 294 g/mol. The Morgan fingerprint density at radius 1 is 1.33 bits per heavy atom.